The fraction of sp³-hybridized carbons (Fsp3) is 0.500. The topological polar surface area (TPSA) is 70.5 Å². The van der Waals surface area contributed by atoms with E-state index in [0.717, 1.165) is 44.7 Å². The highest BCUT2D eigenvalue weighted by Gasteiger charge is 2.26. The van der Waals surface area contributed by atoms with Crippen molar-refractivity contribution >= 4 is 11.6 Å². The van der Waals surface area contributed by atoms with Gasteiger partial charge in [0.1, 0.15) is 0 Å². The molecule has 1 unspecified atom stereocenters. The third kappa shape index (κ3) is 5.90. The summed E-state index contributed by atoms with van der Waals surface area (Å²) in [5, 5.41) is 7.20. The maximum Gasteiger partial charge on any atom is 0.268 e. The SMILES string of the molecule is CCN(CCNC(=O)C1CCCN(c2cnn(C)c(=O)c2)C1)Cc1ccccc1. The summed E-state index contributed by atoms with van der Waals surface area (Å²) in [6.07, 6.45) is 3.51. The minimum absolute atomic E-state index is 0.0583. The molecule has 1 aromatic heterocycles. The Bertz CT molecular complexity index is 852. The van der Waals surface area contributed by atoms with Crippen molar-refractivity contribution < 1.29 is 4.79 Å². The third-order valence-electron chi connectivity index (χ3n) is 5.53. The van der Waals surface area contributed by atoms with Crippen LogP contribution in [0.2, 0.25) is 0 Å². The van der Waals surface area contributed by atoms with E-state index in [9.17, 15) is 9.59 Å². The molecule has 29 heavy (non-hydrogen) atoms. The van der Waals surface area contributed by atoms with Crippen LogP contribution in [0.5, 0.6) is 0 Å². The number of amides is 1. The molecule has 0 spiro atoms. The van der Waals surface area contributed by atoms with E-state index in [1.165, 1.54) is 10.2 Å². The van der Waals surface area contributed by atoms with E-state index < -0.39 is 0 Å². The molecule has 1 fully saturated rings. The number of carbonyl (C=O) groups is 1. The molecule has 7 nitrogen and oxygen atoms in total. The van der Waals surface area contributed by atoms with E-state index in [1.54, 1.807) is 19.3 Å². The van der Waals surface area contributed by atoms with Crippen LogP contribution in [0.15, 0.2) is 47.4 Å². The summed E-state index contributed by atoms with van der Waals surface area (Å²) in [5.41, 5.74) is 1.95. The number of nitrogens with zero attached hydrogens (tertiary/aromatic N) is 4. The number of carbonyl (C=O) groups excluding carboxylic acids is 1. The molecule has 156 valence electrons. The second-order valence-electron chi connectivity index (χ2n) is 7.61. The molecule has 2 heterocycles. The van der Waals surface area contributed by atoms with Crippen molar-refractivity contribution in [1.29, 1.82) is 0 Å². The molecule has 7 heteroatoms. The number of hydrogen-bond acceptors (Lipinski definition) is 5. The number of hydrogen-bond donors (Lipinski definition) is 1. The molecule has 0 aliphatic carbocycles. The predicted molar refractivity (Wildman–Crippen MR) is 115 cm³/mol. The summed E-state index contributed by atoms with van der Waals surface area (Å²) in [5.74, 6) is 0.0410. The van der Waals surface area contributed by atoms with Crippen molar-refractivity contribution in [2.24, 2.45) is 13.0 Å². The van der Waals surface area contributed by atoms with Crippen LogP contribution in [-0.4, -0.2) is 53.3 Å². The van der Waals surface area contributed by atoms with Crippen LogP contribution < -0.4 is 15.8 Å². The van der Waals surface area contributed by atoms with E-state index in [1.807, 2.05) is 6.07 Å². The maximum absolute atomic E-state index is 12.7. The molecule has 0 radical (unpaired) electrons. The lowest BCUT2D eigenvalue weighted by Crippen LogP contribution is -2.45. The number of nitrogens with one attached hydrogen (secondary N) is 1. The van der Waals surface area contributed by atoms with Crippen molar-refractivity contribution in [2.45, 2.75) is 26.3 Å². The zero-order valence-corrected chi connectivity index (χ0v) is 17.4. The lowest BCUT2D eigenvalue weighted by Gasteiger charge is -2.33. The van der Waals surface area contributed by atoms with Crippen molar-refractivity contribution in [3.8, 4) is 0 Å². The Morgan fingerprint density at radius 3 is 2.83 bits per heavy atom. The molecule has 1 atom stereocenters. The molecule has 1 aromatic carbocycles. The van der Waals surface area contributed by atoms with Gasteiger partial charge in [0.25, 0.3) is 5.56 Å². The number of aromatic nitrogens is 2. The van der Waals surface area contributed by atoms with Crippen LogP contribution in [0.4, 0.5) is 5.69 Å². The molecule has 2 aromatic rings. The van der Waals surface area contributed by atoms with Gasteiger partial charge in [-0.15, -0.1) is 0 Å². The number of anilines is 1. The zero-order valence-electron chi connectivity index (χ0n) is 17.4. The first-order chi connectivity index (χ1) is 14.1. The van der Waals surface area contributed by atoms with Gasteiger partial charge < -0.3 is 10.2 Å². The van der Waals surface area contributed by atoms with Crippen molar-refractivity contribution in [3.63, 3.8) is 0 Å². The van der Waals surface area contributed by atoms with Gasteiger partial charge in [0.15, 0.2) is 0 Å². The summed E-state index contributed by atoms with van der Waals surface area (Å²) in [4.78, 5) is 29.0. The van der Waals surface area contributed by atoms with Gasteiger partial charge in [0.05, 0.1) is 17.8 Å². The van der Waals surface area contributed by atoms with Gasteiger partial charge in [-0.1, -0.05) is 37.3 Å². The van der Waals surface area contributed by atoms with Gasteiger partial charge in [-0.2, -0.15) is 5.10 Å². The van der Waals surface area contributed by atoms with Gasteiger partial charge >= 0.3 is 0 Å². The number of rotatable bonds is 8. The lowest BCUT2D eigenvalue weighted by atomic mass is 9.97. The maximum atomic E-state index is 12.7. The Labute approximate surface area is 172 Å². The third-order valence-corrected chi connectivity index (χ3v) is 5.53. The molecule has 0 saturated carbocycles. The Kier molecular flexibility index (Phi) is 7.41. The first-order valence-electron chi connectivity index (χ1n) is 10.4. The van der Waals surface area contributed by atoms with Crippen molar-refractivity contribution in [2.75, 3.05) is 37.6 Å². The van der Waals surface area contributed by atoms with Crippen LogP contribution >= 0.6 is 0 Å². The normalized spacial score (nSPS) is 16.8. The van der Waals surface area contributed by atoms with E-state index in [4.69, 9.17) is 0 Å². The van der Waals surface area contributed by atoms with Gasteiger partial charge in [-0.05, 0) is 24.9 Å². The van der Waals surface area contributed by atoms with Crippen LogP contribution in [-0.2, 0) is 18.4 Å². The quantitative estimate of drug-likeness (QED) is 0.733. The van der Waals surface area contributed by atoms with Crippen molar-refractivity contribution in [1.82, 2.24) is 20.0 Å². The summed E-state index contributed by atoms with van der Waals surface area (Å²) in [6.45, 7) is 6.91. The Hall–Kier alpha value is -2.67. The van der Waals surface area contributed by atoms with E-state index in [-0.39, 0.29) is 17.4 Å². The average Bonchev–Trinajstić information content (AvgIpc) is 2.75. The minimum Gasteiger partial charge on any atom is -0.369 e. The van der Waals surface area contributed by atoms with Gasteiger partial charge in [-0.3, -0.25) is 14.5 Å². The fourth-order valence-corrected chi connectivity index (χ4v) is 3.73. The fourth-order valence-electron chi connectivity index (χ4n) is 3.73. The van der Waals surface area contributed by atoms with E-state index >= 15 is 0 Å². The molecule has 1 N–H and O–H groups in total. The first kappa shape index (κ1) is 21.0. The molecule has 1 aliphatic rings. The highest BCUT2D eigenvalue weighted by molar-refractivity contribution is 5.79. The standard InChI is InChI=1S/C22H31N5O2/c1-3-26(16-18-8-5-4-6-9-18)13-11-23-22(29)19-10-7-12-27(17-19)20-14-21(28)25(2)24-15-20/h4-6,8-9,14-15,19H,3,7,10-13,16-17H2,1-2H3,(H,23,29). The molecule has 1 amide bonds. The molecule has 0 bridgehead atoms. The molecular weight excluding hydrogens is 366 g/mol. The van der Waals surface area contributed by atoms with Gasteiger partial charge in [0, 0.05) is 45.8 Å². The predicted octanol–water partition coefficient (Wildman–Crippen LogP) is 1.64. The highest BCUT2D eigenvalue weighted by Crippen LogP contribution is 2.21. The summed E-state index contributed by atoms with van der Waals surface area (Å²) >= 11 is 0. The molecule has 1 aliphatic heterocycles. The van der Waals surface area contributed by atoms with Crippen molar-refractivity contribution in [3.05, 3.63) is 58.5 Å². The number of piperidine rings is 1. The Morgan fingerprint density at radius 1 is 1.31 bits per heavy atom. The smallest absolute Gasteiger partial charge is 0.268 e. The summed E-state index contributed by atoms with van der Waals surface area (Å²) < 4.78 is 1.31. The number of likely N-dealkylation sites (N-methyl/N-ethyl adjacent to an activating group) is 1. The van der Waals surface area contributed by atoms with Crippen LogP contribution in [0.3, 0.4) is 0 Å². The first-order valence-corrected chi connectivity index (χ1v) is 10.4. The minimum atomic E-state index is -0.132. The van der Waals surface area contributed by atoms with Crippen LogP contribution in [0, 0.1) is 5.92 Å². The molecule has 3 rings (SSSR count). The second-order valence-corrected chi connectivity index (χ2v) is 7.61. The van der Waals surface area contributed by atoms with E-state index in [2.05, 4.69) is 51.4 Å². The van der Waals surface area contributed by atoms with Gasteiger partial charge in [-0.25, -0.2) is 4.68 Å². The summed E-state index contributed by atoms with van der Waals surface area (Å²) in [7, 11) is 1.63. The molecular formula is C22H31N5O2. The monoisotopic (exact) mass is 397 g/mol. The Balaban J connectivity index is 1.48. The number of aryl methyl sites for hydroxylation is 1. The number of benzene rings is 1. The average molecular weight is 398 g/mol. The zero-order chi connectivity index (χ0) is 20.6. The Morgan fingerprint density at radius 2 is 2.10 bits per heavy atom. The van der Waals surface area contributed by atoms with Crippen LogP contribution in [0.25, 0.3) is 0 Å². The second kappa shape index (κ2) is 10.2. The lowest BCUT2D eigenvalue weighted by molar-refractivity contribution is -0.125. The molecule has 1 saturated heterocycles. The van der Waals surface area contributed by atoms with Gasteiger partial charge in [0.2, 0.25) is 5.91 Å². The van der Waals surface area contributed by atoms with E-state index in [0.29, 0.717) is 13.1 Å². The highest BCUT2D eigenvalue weighted by atomic mass is 16.2. The largest absolute Gasteiger partial charge is 0.369 e. The van der Waals surface area contributed by atoms with Crippen LogP contribution in [0.1, 0.15) is 25.3 Å². The summed E-state index contributed by atoms with van der Waals surface area (Å²) in [6, 6.07) is 12.0.